The van der Waals surface area contributed by atoms with E-state index in [1.807, 2.05) is 30.5 Å². The van der Waals surface area contributed by atoms with Gasteiger partial charge in [0, 0.05) is 4.90 Å². The van der Waals surface area contributed by atoms with E-state index in [0.29, 0.717) is 4.91 Å². The number of hydrogen-bond acceptors (Lipinski definition) is 6. The van der Waals surface area contributed by atoms with Gasteiger partial charge in [0.15, 0.2) is 0 Å². The summed E-state index contributed by atoms with van der Waals surface area (Å²) in [5, 5.41) is -0.463. The number of hydrogen-bond donors (Lipinski definition) is 0. The van der Waals surface area contributed by atoms with Gasteiger partial charge in [-0.15, -0.1) is 11.8 Å². The summed E-state index contributed by atoms with van der Waals surface area (Å²) in [6, 6.07) is 6.71. The third-order valence-corrected chi connectivity index (χ3v) is 4.79. The van der Waals surface area contributed by atoms with Gasteiger partial charge in [-0.25, -0.2) is 4.79 Å². The Morgan fingerprint density at radius 1 is 1.32 bits per heavy atom. The summed E-state index contributed by atoms with van der Waals surface area (Å²) >= 11 is 2.45. The average Bonchev–Trinajstić information content (AvgIpc) is 2.80. The Balaban J connectivity index is 2.23. The summed E-state index contributed by atoms with van der Waals surface area (Å²) in [7, 11) is 1.22. The van der Waals surface area contributed by atoms with E-state index in [1.165, 1.54) is 14.0 Å². The van der Waals surface area contributed by atoms with E-state index in [9.17, 15) is 14.4 Å². The van der Waals surface area contributed by atoms with Crippen molar-refractivity contribution in [3.63, 3.8) is 0 Å². The van der Waals surface area contributed by atoms with Gasteiger partial charge < -0.3 is 4.74 Å². The van der Waals surface area contributed by atoms with Crippen LogP contribution in [0.3, 0.4) is 0 Å². The highest BCUT2D eigenvalue weighted by molar-refractivity contribution is 8.18. The van der Waals surface area contributed by atoms with Gasteiger partial charge >= 0.3 is 5.97 Å². The lowest BCUT2D eigenvalue weighted by Crippen LogP contribution is -2.42. The molecule has 7 heteroatoms. The molecule has 0 aliphatic carbocycles. The lowest BCUT2D eigenvalue weighted by Gasteiger charge is -2.18. The first-order valence-electron chi connectivity index (χ1n) is 6.47. The average molecular weight is 337 g/mol. The van der Waals surface area contributed by atoms with E-state index in [2.05, 4.69) is 4.74 Å². The van der Waals surface area contributed by atoms with Crippen molar-refractivity contribution in [1.29, 1.82) is 0 Å². The fourth-order valence-electron chi connectivity index (χ4n) is 1.94. The number of rotatable bonds is 4. The normalized spacial score (nSPS) is 18.0. The zero-order valence-corrected chi connectivity index (χ0v) is 14.0. The molecule has 0 spiro atoms. The molecule has 0 radical (unpaired) electrons. The van der Waals surface area contributed by atoms with E-state index in [-0.39, 0.29) is 0 Å². The molecule has 2 amide bonds. The predicted molar refractivity (Wildman–Crippen MR) is 87.5 cm³/mol. The molecule has 1 saturated heterocycles. The molecule has 1 aromatic carbocycles. The summed E-state index contributed by atoms with van der Waals surface area (Å²) < 4.78 is 4.58. The Bertz CT molecular complexity index is 639. The van der Waals surface area contributed by atoms with Crippen molar-refractivity contribution in [2.75, 3.05) is 13.4 Å². The van der Waals surface area contributed by atoms with E-state index in [0.717, 1.165) is 27.1 Å². The second kappa shape index (κ2) is 7.02. The van der Waals surface area contributed by atoms with Gasteiger partial charge in [-0.05, 0) is 48.7 Å². The van der Waals surface area contributed by atoms with Gasteiger partial charge in [0.05, 0.1) is 12.0 Å². The lowest BCUT2D eigenvalue weighted by atomic mass is 10.2. The van der Waals surface area contributed by atoms with Crippen molar-refractivity contribution in [2.24, 2.45) is 0 Å². The van der Waals surface area contributed by atoms with Crippen LogP contribution in [0.5, 0.6) is 0 Å². The molecule has 1 atom stereocenters. The van der Waals surface area contributed by atoms with Gasteiger partial charge in [-0.1, -0.05) is 12.1 Å². The third kappa shape index (κ3) is 3.36. The highest BCUT2D eigenvalue weighted by Crippen LogP contribution is 2.34. The predicted octanol–water partition coefficient (Wildman–Crippen LogP) is 3.01. The van der Waals surface area contributed by atoms with Crippen LogP contribution in [0.15, 0.2) is 34.1 Å². The summed E-state index contributed by atoms with van der Waals surface area (Å²) in [6.45, 7) is 1.47. The van der Waals surface area contributed by atoms with Gasteiger partial charge in [0.25, 0.3) is 11.1 Å². The highest BCUT2D eigenvalue weighted by Gasteiger charge is 2.41. The van der Waals surface area contributed by atoms with Gasteiger partial charge in [0.2, 0.25) is 0 Å². The molecule has 0 saturated carbocycles. The molecule has 1 aromatic rings. The topological polar surface area (TPSA) is 63.7 Å². The second-order valence-electron chi connectivity index (χ2n) is 4.52. The summed E-state index contributed by atoms with van der Waals surface area (Å²) in [5.41, 5.74) is 0.828. The third-order valence-electron chi connectivity index (χ3n) is 3.17. The molecule has 0 N–H and O–H groups in total. The molecule has 1 aliphatic heterocycles. The quantitative estimate of drug-likeness (QED) is 0.478. The van der Waals surface area contributed by atoms with Crippen molar-refractivity contribution in [3.05, 3.63) is 34.7 Å². The van der Waals surface area contributed by atoms with Crippen LogP contribution in [0.25, 0.3) is 6.08 Å². The largest absolute Gasteiger partial charge is 0.467 e. The Hall–Kier alpha value is -1.73. The standard InChI is InChI=1S/C15H15NO4S2/c1-9(14(18)20-2)16-13(17)12(22-15(16)19)8-10-4-6-11(21-3)7-5-10/h4-9H,1-3H3. The van der Waals surface area contributed by atoms with Crippen LogP contribution in [0.2, 0.25) is 0 Å². The number of imide groups is 1. The summed E-state index contributed by atoms with van der Waals surface area (Å²) in [5.74, 6) is -1.09. The van der Waals surface area contributed by atoms with Crippen LogP contribution in [-0.4, -0.2) is 41.4 Å². The van der Waals surface area contributed by atoms with Crippen molar-refractivity contribution in [2.45, 2.75) is 17.9 Å². The Morgan fingerprint density at radius 3 is 2.50 bits per heavy atom. The molecule has 0 bridgehead atoms. The number of methoxy groups -OCH3 is 1. The van der Waals surface area contributed by atoms with Gasteiger partial charge in [-0.3, -0.25) is 14.5 Å². The molecular formula is C15H15NO4S2. The van der Waals surface area contributed by atoms with E-state index in [1.54, 1.807) is 17.8 Å². The molecule has 1 aliphatic rings. The van der Waals surface area contributed by atoms with Gasteiger partial charge in [0.1, 0.15) is 6.04 Å². The zero-order chi connectivity index (χ0) is 16.3. The smallest absolute Gasteiger partial charge is 0.328 e. The molecular weight excluding hydrogens is 322 g/mol. The molecule has 5 nitrogen and oxygen atoms in total. The van der Waals surface area contributed by atoms with Crippen molar-refractivity contribution in [3.8, 4) is 0 Å². The molecule has 2 rings (SSSR count). The van der Waals surface area contributed by atoms with E-state index >= 15 is 0 Å². The minimum Gasteiger partial charge on any atom is -0.467 e. The van der Waals surface area contributed by atoms with Crippen LogP contribution >= 0.6 is 23.5 Å². The van der Waals surface area contributed by atoms with Gasteiger partial charge in [-0.2, -0.15) is 0 Å². The fourth-order valence-corrected chi connectivity index (χ4v) is 3.26. The van der Waals surface area contributed by atoms with Crippen LogP contribution < -0.4 is 0 Å². The van der Waals surface area contributed by atoms with Crippen LogP contribution in [0, 0.1) is 0 Å². The number of thioether (sulfide) groups is 2. The summed E-state index contributed by atoms with van der Waals surface area (Å²) in [4.78, 5) is 38.1. The molecule has 0 aromatic heterocycles. The zero-order valence-electron chi connectivity index (χ0n) is 12.4. The monoisotopic (exact) mass is 337 g/mol. The highest BCUT2D eigenvalue weighted by atomic mass is 32.2. The SMILES string of the molecule is COC(=O)C(C)N1C(=O)SC(=Cc2ccc(SC)cc2)C1=O. The number of nitrogens with zero attached hydrogens (tertiary/aromatic N) is 1. The maximum Gasteiger partial charge on any atom is 0.328 e. The maximum atomic E-state index is 12.3. The number of benzene rings is 1. The van der Waals surface area contributed by atoms with Crippen LogP contribution in [0.4, 0.5) is 4.79 Å². The fraction of sp³-hybridized carbons (Fsp3) is 0.267. The lowest BCUT2D eigenvalue weighted by molar-refractivity contribution is -0.148. The molecule has 116 valence electrons. The first kappa shape index (κ1) is 16.6. The second-order valence-corrected chi connectivity index (χ2v) is 6.40. The molecule has 1 fully saturated rings. The minimum absolute atomic E-state index is 0.303. The first-order valence-corrected chi connectivity index (χ1v) is 8.51. The maximum absolute atomic E-state index is 12.3. The van der Waals surface area contributed by atoms with Crippen LogP contribution in [-0.2, 0) is 14.3 Å². The Morgan fingerprint density at radius 2 is 1.95 bits per heavy atom. The van der Waals surface area contributed by atoms with E-state index < -0.39 is 23.2 Å². The van der Waals surface area contributed by atoms with Crippen LogP contribution in [0.1, 0.15) is 12.5 Å². The molecule has 1 unspecified atom stereocenters. The minimum atomic E-state index is -0.928. The number of amides is 2. The molecule has 1 heterocycles. The van der Waals surface area contributed by atoms with Crippen molar-refractivity contribution < 1.29 is 19.1 Å². The van der Waals surface area contributed by atoms with Crippen molar-refractivity contribution >= 4 is 46.7 Å². The summed E-state index contributed by atoms with van der Waals surface area (Å²) in [6.07, 6.45) is 3.63. The number of carbonyl (C=O) groups excluding carboxylic acids is 3. The molecule has 22 heavy (non-hydrogen) atoms. The van der Waals surface area contributed by atoms with Crippen molar-refractivity contribution in [1.82, 2.24) is 4.90 Å². The number of esters is 1. The Kier molecular flexibility index (Phi) is 5.31. The van der Waals surface area contributed by atoms with E-state index in [4.69, 9.17) is 0 Å². The number of carbonyl (C=O) groups is 3. The first-order chi connectivity index (χ1) is 10.5. The Labute approximate surface area is 137 Å². The number of ether oxygens (including phenoxy) is 1.